The first-order chi connectivity index (χ1) is 3.63. The van der Waals surface area contributed by atoms with Crippen molar-refractivity contribution in [1.29, 1.82) is 0 Å². The molecule has 0 heterocycles. The van der Waals surface area contributed by atoms with Crippen LogP contribution in [0.5, 0.6) is 0 Å². The minimum atomic E-state index is -0.653. The predicted octanol–water partition coefficient (Wildman–Crippen LogP) is 1.21. The summed E-state index contributed by atoms with van der Waals surface area (Å²) in [6, 6.07) is 0. The molecular formula is C4H9AgN2O2. The second kappa shape index (κ2) is 6.07. The van der Waals surface area contributed by atoms with E-state index in [2.05, 4.69) is 5.43 Å². The summed E-state index contributed by atoms with van der Waals surface area (Å²) >= 11 is 0. The zero-order valence-electron chi connectivity index (χ0n) is 5.30. The average molecular weight is 225 g/mol. The first kappa shape index (κ1) is 11.7. The Kier molecular flexibility index (Phi) is 7.89. The Bertz CT molecular complexity index is 86.6. The van der Waals surface area contributed by atoms with Gasteiger partial charge in [-0.1, -0.05) is 26.3 Å². The van der Waals surface area contributed by atoms with Crippen molar-refractivity contribution < 1.29 is 27.4 Å². The molecule has 0 aliphatic heterocycles. The van der Waals surface area contributed by atoms with Crippen LogP contribution in [0.25, 0.3) is 5.43 Å². The second-order valence-corrected chi connectivity index (χ2v) is 1.96. The molecule has 0 aliphatic rings. The molecule has 0 rings (SSSR count). The van der Waals surface area contributed by atoms with Gasteiger partial charge in [-0.2, -0.15) is 0 Å². The van der Waals surface area contributed by atoms with Crippen LogP contribution < -0.4 is 0 Å². The van der Waals surface area contributed by atoms with E-state index in [1.165, 1.54) is 0 Å². The van der Waals surface area contributed by atoms with E-state index in [9.17, 15) is 10.1 Å². The van der Waals surface area contributed by atoms with Crippen molar-refractivity contribution in [2.75, 3.05) is 6.54 Å². The molecule has 0 unspecified atom stereocenters. The van der Waals surface area contributed by atoms with Crippen LogP contribution in [0.2, 0.25) is 0 Å². The fourth-order valence-corrected chi connectivity index (χ4v) is 0.230. The first-order valence-corrected chi connectivity index (χ1v) is 2.44. The van der Waals surface area contributed by atoms with E-state index in [0.717, 1.165) is 0 Å². The van der Waals surface area contributed by atoms with E-state index < -0.39 is 5.03 Å². The van der Waals surface area contributed by atoms with E-state index in [1.54, 1.807) is 0 Å². The molecule has 0 atom stereocenters. The summed E-state index contributed by atoms with van der Waals surface area (Å²) in [4.78, 5) is 9.54. The van der Waals surface area contributed by atoms with Gasteiger partial charge in [-0.15, -0.1) is 0 Å². The van der Waals surface area contributed by atoms with Crippen LogP contribution in [-0.2, 0) is 22.4 Å². The average Bonchev–Trinajstić information content (AvgIpc) is 1.61. The number of hydrogen-bond donors (Lipinski definition) is 0. The normalized spacial score (nSPS) is 8.33. The van der Waals surface area contributed by atoms with Gasteiger partial charge in [0.05, 0.1) is 0 Å². The number of nitrogens with zero attached hydrogens (tertiary/aromatic N) is 2. The van der Waals surface area contributed by atoms with Gasteiger partial charge in [0.1, 0.15) is 0 Å². The molecule has 0 radical (unpaired) electrons. The minimum Gasteiger partial charge on any atom is -0.379 e. The van der Waals surface area contributed by atoms with Crippen molar-refractivity contribution >= 4 is 0 Å². The maximum atomic E-state index is 9.54. The van der Waals surface area contributed by atoms with Crippen molar-refractivity contribution in [1.82, 2.24) is 0 Å². The van der Waals surface area contributed by atoms with E-state index in [4.69, 9.17) is 0 Å². The topological polar surface area (TPSA) is 57.2 Å². The van der Waals surface area contributed by atoms with Crippen LogP contribution in [0.3, 0.4) is 0 Å². The van der Waals surface area contributed by atoms with Crippen LogP contribution in [-0.4, -0.2) is 11.6 Å². The van der Waals surface area contributed by atoms with Crippen LogP contribution >= 0.6 is 0 Å². The maximum Gasteiger partial charge on any atom is 1.00 e. The zero-order chi connectivity index (χ0) is 6.57. The molecule has 5 heteroatoms. The van der Waals surface area contributed by atoms with Gasteiger partial charge in [0.15, 0.2) is 0 Å². The number of hydrogen-bond acceptors (Lipinski definition) is 2. The van der Waals surface area contributed by atoms with E-state index in [1.807, 2.05) is 13.8 Å². The van der Waals surface area contributed by atoms with Crippen molar-refractivity contribution in [3.05, 3.63) is 15.5 Å². The Morgan fingerprint density at radius 2 is 2.11 bits per heavy atom. The van der Waals surface area contributed by atoms with Gasteiger partial charge < -0.3 is 5.43 Å². The van der Waals surface area contributed by atoms with Gasteiger partial charge in [0.25, 0.3) is 0 Å². The maximum absolute atomic E-state index is 9.54. The van der Waals surface area contributed by atoms with Gasteiger partial charge in [-0.25, -0.2) is 0 Å². The summed E-state index contributed by atoms with van der Waals surface area (Å²) in [6.07, 6.45) is 0. The van der Waals surface area contributed by atoms with Gasteiger partial charge in [-0.05, 0) is 5.03 Å². The molecule has 0 spiro atoms. The molecule has 0 aromatic rings. The summed E-state index contributed by atoms with van der Waals surface area (Å²) < 4.78 is 0. The van der Waals surface area contributed by atoms with Crippen molar-refractivity contribution in [3.63, 3.8) is 0 Å². The second-order valence-electron chi connectivity index (χ2n) is 1.96. The zero-order valence-corrected chi connectivity index (χ0v) is 6.78. The summed E-state index contributed by atoms with van der Waals surface area (Å²) in [5.74, 6) is 0.278. The molecule has 0 saturated carbocycles. The molecule has 0 amide bonds. The fraction of sp³-hybridized carbons (Fsp3) is 1.00. The summed E-state index contributed by atoms with van der Waals surface area (Å²) in [7, 11) is 0. The quantitative estimate of drug-likeness (QED) is 0.411. The van der Waals surface area contributed by atoms with Gasteiger partial charge in [0, 0.05) is 0 Å². The molecule has 4 nitrogen and oxygen atoms in total. The van der Waals surface area contributed by atoms with Gasteiger partial charge in [-0.3, -0.25) is 10.1 Å². The largest absolute Gasteiger partial charge is 1.00 e. The van der Waals surface area contributed by atoms with E-state index in [0.29, 0.717) is 6.54 Å². The molecule has 9 heavy (non-hydrogen) atoms. The van der Waals surface area contributed by atoms with Crippen molar-refractivity contribution in [3.8, 4) is 0 Å². The smallest absolute Gasteiger partial charge is 0.379 e. The van der Waals surface area contributed by atoms with Gasteiger partial charge >= 0.3 is 22.4 Å². The Labute approximate surface area is 69.6 Å². The predicted molar refractivity (Wildman–Crippen MR) is 30.1 cm³/mol. The summed E-state index contributed by atoms with van der Waals surface area (Å²) in [5, 5.41) is 8.89. The standard InChI is InChI=1S/C4H9N2O2.Ag/c1-4(2)3-5-6(7)8;/h4H,3H2,1-2H3;/q-1;+1. The first-order valence-electron chi connectivity index (χ1n) is 2.44. The molecule has 0 saturated heterocycles. The molecular weight excluding hydrogens is 216 g/mol. The molecule has 0 fully saturated rings. The fourth-order valence-electron chi connectivity index (χ4n) is 0.230. The van der Waals surface area contributed by atoms with Crippen molar-refractivity contribution in [2.45, 2.75) is 13.8 Å². The Morgan fingerprint density at radius 1 is 1.67 bits per heavy atom. The summed E-state index contributed by atoms with van der Waals surface area (Å²) in [6.45, 7) is 4.08. The van der Waals surface area contributed by atoms with Gasteiger partial charge in [0.2, 0.25) is 0 Å². The third kappa shape index (κ3) is 11.5. The Balaban J connectivity index is 0. The molecule has 0 aromatic heterocycles. The molecule has 58 valence electrons. The minimum absolute atomic E-state index is 0. The van der Waals surface area contributed by atoms with Crippen LogP contribution in [0.15, 0.2) is 0 Å². The molecule has 0 aromatic carbocycles. The number of rotatable bonds is 3. The molecule has 0 aliphatic carbocycles. The third-order valence-electron chi connectivity index (χ3n) is 0.562. The SMILES string of the molecule is CC(C)C[N-][N+](=O)[O-].[Ag+]. The monoisotopic (exact) mass is 224 g/mol. The Morgan fingerprint density at radius 3 is 2.22 bits per heavy atom. The number of nitro groups is 1. The van der Waals surface area contributed by atoms with E-state index in [-0.39, 0.29) is 28.3 Å². The third-order valence-corrected chi connectivity index (χ3v) is 0.562. The van der Waals surface area contributed by atoms with E-state index >= 15 is 0 Å². The van der Waals surface area contributed by atoms with Crippen molar-refractivity contribution in [2.24, 2.45) is 5.92 Å². The van der Waals surface area contributed by atoms with Crippen LogP contribution in [0, 0.1) is 16.0 Å². The molecule has 0 bridgehead atoms. The Hall–Kier alpha value is -0.0597. The van der Waals surface area contributed by atoms with Crippen LogP contribution in [0.1, 0.15) is 13.8 Å². The molecule has 0 N–H and O–H groups in total. The summed E-state index contributed by atoms with van der Waals surface area (Å²) in [5.41, 5.74) is 3.05. The van der Waals surface area contributed by atoms with Crippen LogP contribution in [0.4, 0.5) is 0 Å².